The molecule has 3 rings (SSSR count). The molecule has 0 unspecified atom stereocenters. The molecule has 6 heteroatoms. The van der Waals surface area contributed by atoms with Gasteiger partial charge < -0.3 is 19.9 Å². The Morgan fingerprint density at radius 3 is 2.50 bits per heavy atom. The summed E-state index contributed by atoms with van der Waals surface area (Å²) >= 11 is 0. The van der Waals surface area contributed by atoms with Crippen LogP contribution in [-0.4, -0.2) is 36.7 Å². The molecule has 1 aliphatic heterocycles. The van der Waals surface area contributed by atoms with Gasteiger partial charge in [-0.25, -0.2) is 0 Å². The molecule has 0 atom stereocenters. The number of rotatable bonds is 5. The number of hydrogen-bond donors (Lipinski definition) is 2. The van der Waals surface area contributed by atoms with E-state index in [1.54, 1.807) is 6.07 Å². The number of benzene rings is 1. The van der Waals surface area contributed by atoms with E-state index in [9.17, 15) is 14.7 Å². The fourth-order valence-electron chi connectivity index (χ4n) is 3.41. The van der Waals surface area contributed by atoms with Gasteiger partial charge in [0.15, 0.2) is 11.5 Å². The molecule has 1 aliphatic carbocycles. The van der Waals surface area contributed by atoms with Crippen molar-refractivity contribution >= 4 is 11.9 Å². The monoisotopic (exact) mass is 333 g/mol. The minimum Gasteiger partial charge on any atom is -0.486 e. The minimum atomic E-state index is -0.805. The number of amides is 1. The number of carbonyl (C=O) groups excluding carboxylic acids is 1. The summed E-state index contributed by atoms with van der Waals surface area (Å²) in [4.78, 5) is 23.8. The van der Waals surface area contributed by atoms with E-state index < -0.39 is 11.4 Å². The zero-order chi connectivity index (χ0) is 17.0. The van der Waals surface area contributed by atoms with Gasteiger partial charge >= 0.3 is 5.97 Å². The standard InChI is InChI=1S/C18H23NO5/c20-16(19-12-18(17(21)22)6-2-1-3-7-18)11-13-4-5-14-15(10-13)24-9-8-23-14/h4-5,10H,1-3,6-9,11-12H2,(H,19,20)(H,21,22). The first-order valence-corrected chi connectivity index (χ1v) is 8.48. The highest BCUT2D eigenvalue weighted by molar-refractivity contribution is 5.81. The van der Waals surface area contributed by atoms with E-state index >= 15 is 0 Å². The van der Waals surface area contributed by atoms with Crippen molar-refractivity contribution < 1.29 is 24.2 Å². The van der Waals surface area contributed by atoms with E-state index in [2.05, 4.69) is 5.32 Å². The van der Waals surface area contributed by atoms with Crippen molar-refractivity contribution in [2.24, 2.45) is 5.41 Å². The number of carboxylic acids is 1. The molecule has 1 saturated carbocycles. The highest BCUT2D eigenvalue weighted by Gasteiger charge is 2.39. The van der Waals surface area contributed by atoms with E-state index in [1.165, 1.54) is 0 Å². The zero-order valence-corrected chi connectivity index (χ0v) is 13.7. The van der Waals surface area contributed by atoms with Crippen LogP contribution in [0.25, 0.3) is 0 Å². The van der Waals surface area contributed by atoms with Gasteiger partial charge in [-0.2, -0.15) is 0 Å². The molecular formula is C18H23NO5. The van der Waals surface area contributed by atoms with Gasteiger partial charge in [-0.1, -0.05) is 25.3 Å². The van der Waals surface area contributed by atoms with Gasteiger partial charge in [-0.15, -0.1) is 0 Å². The summed E-state index contributed by atoms with van der Waals surface area (Å²) in [6, 6.07) is 5.44. The van der Waals surface area contributed by atoms with Crippen molar-refractivity contribution in [3.63, 3.8) is 0 Å². The smallest absolute Gasteiger partial charge is 0.311 e. The molecule has 2 N–H and O–H groups in total. The maximum absolute atomic E-state index is 12.2. The minimum absolute atomic E-state index is 0.169. The van der Waals surface area contributed by atoms with Gasteiger partial charge in [-0.05, 0) is 30.5 Å². The first-order chi connectivity index (χ1) is 11.6. The Morgan fingerprint density at radius 2 is 1.79 bits per heavy atom. The lowest BCUT2D eigenvalue weighted by Gasteiger charge is -2.33. The maximum atomic E-state index is 12.2. The van der Waals surface area contributed by atoms with Crippen molar-refractivity contribution in [1.29, 1.82) is 0 Å². The summed E-state index contributed by atoms with van der Waals surface area (Å²) in [6.45, 7) is 1.24. The van der Waals surface area contributed by atoms with Crippen molar-refractivity contribution in [2.45, 2.75) is 38.5 Å². The zero-order valence-electron chi connectivity index (χ0n) is 13.7. The van der Waals surface area contributed by atoms with Crippen molar-refractivity contribution in [2.75, 3.05) is 19.8 Å². The molecule has 0 spiro atoms. The molecule has 130 valence electrons. The van der Waals surface area contributed by atoms with Crippen LogP contribution in [0.2, 0.25) is 0 Å². The molecule has 24 heavy (non-hydrogen) atoms. The lowest BCUT2D eigenvalue weighted by atomic mass is 9.74. The van der Waals surface area contributed by atoms with Crippen molar-refractivity contribution in [1.82, 2.24) is 5.32 Å². The van der Waals surface area contributed by atoms with Crippen molar-refractivity contribution in [3.8, 4) is 11.5 Å². The van der Waals surface area contributed by atoms with Gasteiger partial charge in [0, 0.05) is 6.54 Å². The number of nitrogens with one attached hydrogen (secondary N) is 1. The third-order valence-corrected chi connectivity index (χ3v) is 4.86. The first-order valence-electron chi connectivity index (χ1n) is 8.48. The van der Waals surface area contributed by atoms with Crippen LogP contribution >= 0.6 is 0 Å². The van der Waals surface area contributed by atoms with E-state index in [0.29, 0.717) is 37.6 Å². The molecule has 0 bridgehead atoms. The van der Waals surface area contributed by atoms with Gasteiger partial charge in [0.25, 0.3) is 0 Å². The first kappa shape index (κ1) is 16.6. The molecule has 1 heterocycles. The highest BCUT2D eigenvalue weighted by Crippen LogP contribution is 2.36. The third kappa shape index (κ3) is 3.63. The largest absolute Gasteiger partial charge is 0.486 e. The number of fused-ring (bicyclic) bond motifs is 1. The number of hydrogen-bond acceptors (Lipinski definition) is 4. The van der Waals surface area contributed by atoms with E-state index in [0.717, 1.165) is 24.8 Å². The summed E-state index contributed by atoms with van der Waals surface area (Å²) in [7, 11) is 0. The van der Waals surface area contributed by atoms with Gasteiger partial charge in [0.05, 0.1) is 11.8 Å². The lowest BCUT2D eigenvalue weighted by molar-refractivity contribution is -0.151. The Kier molecular flexibility index (Phi) is 4.92. The van der Waals surface area contributed by atoms with Crippen LogP contribution in [0.1, 0.15) is 37.7 Å². The summed E-state index contributed by atoms with van der Waals surface area (Å²) in [5, 5.41) is 12.4. The second-order valence-corrected chi connectivity index (χ2v) is 6.58. The number of carbonyl (C=O) groups is 2. The molecule has 1 amide bonds. The summed E-state index contributed by atoms with van der Waals surface area (Å²) in [5.41, 5.74) is 0.0190. The molecule has 0 saturated heterocycles. The van der Waals surface area contributed by atoms with Crippen LogP contribution < -0.4 is 14.8 Å². The van der Waals surface area contributed by atoms with Crippen LogP contribution in [0.4, 0.5) is 0 Å². The predicted molar refractivity (Wildman–Crippen MR) is 87.3 cm³/mol. The Hall–Kier alpha value is -2.24. The van der Waals surface area contributed by atoms with E-state index in [4.69, 9.17) is 9.47 Å². The Bertz CT molecular complexity index is 622. The molecule has 6 nitrogen and oxygen atoms in total. The normalized spacial score (nSPS) is 18.7. The quantitative estimate of drug-likeness (QED) is 0.862. The average Bonchev–Trinajstić information content (AvgIpc) is 2.60. The fourth-order valence-corrected chi connectivity index (χ4v) is 3.41. The van der Waals surface area contributed by atoms with Crippen molar-refractivity contribution in [3.05, 3.63) is 23.8 Å². The SMILES string of the molecule is O=C(Cc1ccc2c(c1)OCCO2)NCC1(C(=O)O)CCCCC1. The maximum Gasteiger partial charge on any atom is 0.311 e. The van der Waals surface area contributed by atoms with Crippen LogP contribution in [0.3, 0.4) is 0 Å². The second-order valence-electron chi connectivity index (χ2n) is 6.58. The fraction of sp³-hybridized carbons (Fsp3) is 0.556. The number of aliphatic carboxylic acids is 1. The van der Waals surface area contributed by atoms with E-state index in [1.807, 2.05) is 12.1 Å². The third-order valence-electron chi connectivity index (χ3n) is 4.86. The number of carboxylic acid groups (broad SMARTS) is 1. The lowest BCUT2D eigenvalue weighted by Crippen LogP contribution is -2.44. The predicted octanol–water partition coefficient (Wildman–Crippen LogP) is 2.15. The molecule has 1 fully saturated rings. The molecule has 0 aromatic heterocycles. The average molecular weight is 333 g/mol. The van der Waals surface area contributed by atoms with Gasteiger partial charge in [0.1, 0.15) is 13.2 Å². The van der Waals surface area contributed by atoms with Crippen LogP contribution in [0.15, 0.2) is 18.2 Å². The molecule has 1 aromatic rings. The highest BCUT2D eigenvalue weighted by atomic mass is 16.6. The molecular weight excluding hydrogens is 310 g/mol. The van der Waals surface area contributed by atoms with Crippen LogP contribution in [0, 0.1) is 5.41 Å². The summed E-state index contributed by atoms with van der Waals surface area (Å²) in [6.07, 6.45) is 4.35. The van der Waals surface area contributed by atoms with Gasteiger partial charge in [-0.3, -0.25) is 9.59 Å². The molecule has 0 radical (unpaired) electrons. The Morgan fingerprint density at radius 1 is 1.08 bits per heavy atom. The van der Waals surface area contributed by atoms with E-state index in [-0.39, 0.29) is 18.9 Å². The number of ether oxygens (including phenoxy) is 2. The Labute approximate surface area is 141 Å². The summed E-state index contributed by atoms with van der Waals surface area (Å²) < 4.78 is 11.0. The second kappa shape index (κ2) is 7.11. The Balaban J connectivity index is 1.58. The molecule has 2 aliphatic rings. The van der Waals surface area contributed by atoms with Crippen LogP contribution in [0.5, 0.6) is 11.5 Å². The van der Waals surface area contributed by atoms with Crippen LogP contribution in [-0.2, 0) is 16.0 Å². The van der Waals surface area contributed by atoms with Gasteiger partial charge in [0.2, 0.25) is 5.91 Å². The topological polar surface area (TPSA) is 84.9 Å². The molecule has 1 aromatic carbocycles. The summed E-state index contributed by atoms with van der Waals surface area (Å²) in [5.74, 6) is 0.373.